The molecule has 0 bridgehead atoms. The molecule has 0 unspecified atom stereocenters. The van der Waals surface area contributed by atoms with E-state index in [1.165, 1.54) is 5.56 Å². The predicted molar refractivity (Wildman–Crippen MR) is 85.1 cm³/mol. The topological polar surface area (TPSA) is 18.5 Å². The minimum absolute atomic E-state index is 0.861. The van der Waals surface area contributed by atoms with Gasteiger partial charge < -0.3 is 10.2 Å². The summed E-state index contributed by atoms with van der Waals surface area (Å²) in [5.74, 6) is 0. The van der Waals surface area contributed by atoms with Gasteiger partial charge in [-0.3, -0.25) is 4.90 Å². The summed E-state index contributed by atoms with van der Waals surface area (Å²) < 4.78 is 0. The Hall–Kier alpha value is -1.39. The van der Waals surface area contributed by atoms with Crippen LogP contribution in [-0.2, 0) is 0 Å². The van der Waals surface area contributed by atoms with Crippen LogP contribution >= 0.6 is 12.2 Å². The lowest BCUT2D eigenvalue weighted by atomic mass is 10.2. The summed E-state index contributed by atoms with van der Waals surface area (Å²) in [4.78, 5) is 4.68. The number of nitrogens with one attached hydrogen (secondary N) is 1. The predicted octanol–water partition coefficient (Wildman–Crippen LogP) is 1.82. The third-order valence-corrected chi connectivity index (χ3v) is 3.81. The van der Waals surface area contributed by atoms with Crippen LogP contribution in [0.2, 0.25) is 0 Å². The monoisotopic (exact) mass is 275 g/mol. The highest BCUT2D eigenvalue weighted by Crippen LogP contribution is 2.04. The van der Waals surface area contributed by atoms with E-state index < -0.39 is 0 Å². The fourth-order valence-corrected chi connectivity index (χ4v) is 2.38. The quantitative estimate of drug-likeness (QED) is 0.848. The molecule has 1 aliphatic rings. The van der Waals surface area contributed by atoms with Crippen molar-refractivity contribution in [2.45, 2.75) is 0 Å². The van der Waals surface area contributed by atoms with E-state index in [1.54, 1.807) is 0 Å². The number of rotatable bonds is 3. The highest BCUT2D eigenvalue weighted by atomic mass is 32.1. The smallest absolute Gasteiger partial charge is 0.168 e. The maximum atomic E-state index is 5.25. The van der Waals surface area contributed by atoms with Gasteiger partial charge in [-0.05, 0) is 17.8 Å². The molecule has 1 saturated heterocycles. The van der Waals surface area contributed by atoms with Crippen LogP contribution < -0.4 is 5.32 Å². The molecular weight excluding hydrogens is 254 g/mol. The van der Waals surface area contributed by atoms with Crippen molar-refractivity contribution >= 4 is 23.4 Å². The first-order valence-corrected chi connectivity index (χ1v) is 7.11. The molecule has 0 aromatic heterocycles. The molecule has 0 atom stereocenters. The largest absolute Gasteiger partial charge is 0.366 e. The van der Waals surface area contributed by atoms with Crippen LogP contribution in [0.3, 0.4) is 0 Å². The Morgan fingerprint density at radius 3 is 2.53 bits per heavy atom. The number of thiocarbonyl (C=S) groups is 1. The minimum Gasteiger partial charge on any atom is -0.366 e. The van der Waals surface area contributed by atoms with Gasteiger partial charge in [0.05, 0.1) is 0 Å². The van der Waals surface area contributed by atoms with Crippen molar-refractivity contribution in [2.24, 2.45) is 0 Å². The van der Waals surface area contributed by atoms with E-state index in [4.69, 9.17) is 12.2 Å². The van der Waals surface area contributed by atoms with Gasteiger partial charge in [0, 0.05) is 39.8 Å². The van der Waals surface area contributed by atoms with Crippen molar-refractivity contribution in [1.82, 2.24) is 15.1 Å². The van der Waals surface area contributed by atoms with Gasteiger partial charge in [0.1, 0.15) is 0 Å². The van der Waals surface area contributed by atoms with Crippen LogP contribution in [0.25, 0.3) is 6.08 Å². The molecule has 0 radical (unpaired) electrons. The molecule has 2 rings (SSSR count). The number of nitrogens with zero attached hydrogens (tertiary/aromatic N) is 2. The number of piperazine rings is 1. The van der Waals surface area contributed by atoms with Crippen LogP contribution in [0.15, 0.2) is 36.4 Å². The van der Waals surface area contributed by atoms with Crippen molar-refractivity contribution < 1.29 is 0 Å². The van der Waals surface area contributed by atoms with Gasteiger partial charge in [0.15, 0.2) is 5.11 Å². The Morgan fingerprint density at radius 1 is 1.21 bits per heavy atom. The molecule has 3 nitrogen and oxygen atoms in total. The van der Waals surface area contributed by atoms with Crippen molar-refractivity contribution in [3.8, 4) is 0 Å². The maximum Gasteiger partial charge on any atom is 0.168 e. The second-order valence-corrected chi connectivity index (χ2v) is 5.04. The summed E-state index contributed by atoms with van der Waals surface area (Å²) >= 11 is 5.25. The highest BCUT2D eigenvalue weighted by Gasteiger charge is 2.16. The van der Waals surface area contributed by atoms with E-state index in [2.05, 4.69) is 51.5 Å². The zero-order valence-corrected chi connectivity index (χ0v) is 12.2. The van der Waals surface area contributed by atoms with Crippen LogP contribution in [-0.4, -0.2) is 54.7 Å². The van der Waals surface area contributed by atoms with Gasteiger partial charge in [0.25, 0.3) is 0 Å². The number of hydrogen-bond acceptors (Lipinski definition) is 2. The fourth-order valence-electron chi connectivity index (χ4n) is 2.19. The zero-order valence-electron chi connectivity index (χ0n) is 11.4. The Labute approximate surface area is 120 Å². The number of benzene rings is 1. The second-order valence-electron chi connectivity index (χ2n) is 4.66. The summed E-state index contributed by atoms with van der Waals surface area (Å²) in [6.45, 7) is 5.18. The SMILES string of the molecule is CNC(=S)N1CCN(C/C=C/c2ccccc2)CC1. The standard InChI is InChI=1S/C15H21N3S/c1-16-15(19)18-12-10-17(11-13-18)9-5-8-14-6-3-2-4-7-14/h2-8H,9-13H2,1H3,(H,16,19)/b8-5+. The van der Waals surface area contributed by atoms with Gasteiger partial charge in [-0.1, -0.05) is 42.5 Å². The third kappa shape index (κ3) is 4.33. The zero-order chi connectivity index (χ0) is 13.5. The van der Waals surface area contributed by atoms with E-state index in [1.807, 2.05) is 13.1 Å². The van der Waals surface area contributed by atoms with E-state index in [-0.39, 0.29) is 0 Å². The van der Waals surface area contributed by atoms with Gasteiger partial charge >= 0.3 is 0 Å². The molecule has 102 valence electrons. The van der Waals surface area contributed by atoms with E-state index >= 15 is 0 Å². The Kier molecular flexibility index (Phi) is 5.36. The summed E-state index contributed by atoms with van der Waals surface area (Å²) in [5, 5.41) is 3.90. The summed E-state index contributed by atoms with van der Waals surface area (Å²) in [6, 6.07) is 10.4. The Bertz CT molecular complexity index is 422. The molecule has 1 aliphatic heterocycles. The van der Waals surface area contributed by atoms with Crippen LogP contribution in [0.1, 0.15) is 5.56 Å². The molecule has 1 aromatic rings. The van der Waals surface area contributed by atoms with Crippen LogP contribution in [0.5, 0.6) is 0 Å². The second kappa shape index (κ2) is 7.26. The lowest BCUT2D eigenvalue weighted by Gasteiger charge is -2.35. The normalized spacial score (nSPS) is 16.8. The molecule has 1 aromatic carbocycles. The maximum absolute atomic E-state index is 5.25. The minimum atomic E-state index is 0.861. The average molecular weight is 275 g/mol. The lowest BCUT2D eigenvalue weighted by molar-refractivity contribution is 0.197. The molecule has 0 amide bonds. The summed E-state index contributed by atoms with van der Waals surface area (Å²) in [6.07, 6.45) is 4.42. The summed E-state index contributed by atoms with van der Waals surface area (Å²) in [5.41, 5.74) is 1.26. The van der Waals surface area contributed by atoms with Crippen molar-refractivity contribution in [3.05, 3.63) is 42.0 Å². The van der Waals surface area contributed by atoms with Gasteiger partial charge in [-0.15, -0.1) is 0 Å². The van der Waals surface area contributed by atoms with Crippen LogP contribution in [0.4, 0.5) is 0 Å². The third-order valence-electron chi connectivity index (χ3n) is 3.35. The van der Waals surface area contributed by atoms with Gasteiger partial charge in [-0.25, -0.2) is 0 Å². The van der Waals surface area contributed by atoms with Crippen LogP contribution in [0, 0.1) is 0 Å². The van der Waals surface area contributed by atoms with Gasteiger partial charge in [0.2, 0.25) is 0 Å². The molecular formula is C15H21N3S. The molecule has 19 heavy (non-hydrogen) atoms. The average Bonchev–Trinajstić information content (AvgIpc) is 2.48. The Morgan fingerprint density at radius 2 is 1.89 bits per heavy atom. The first kappa shape index (κ1) is 14.0. The first-order valence-electron chi connectivity index (χ1n) is 6.70. The highest BCUT2D eigenvalue weighted by molar-refractivity contribution is 7.80. The first-order chi connectivity index (χ1) is 9.29. The molecule has 0 spiro atoms. The summed E-state index contributed by atoms with van der Waals surface area (Å²) in [7, 11) is 1.89. The molecule has 4 heteroatoms. The van der Waals surface area contributed by atoms with Crippen molar-refractivity contribution in [2.75, 3.05) is 39.8 Å². The van der Waals surface area contributed by atoms with E-state index in [9.17, 15) is 0 Å². The molecule has 1 heterocycles. The van der Waals surface area contributed by atoms with E-state index in [0.29, 0.717) is 0 Å². The number of hydrogen-bond donors (Lipinski definition) is 1. The van der Waals surface area contributed by atoms with E-state index in [0.717, 1.165) is 37.8 Å². The van der Waals surface area contributed by atoms with Crippen molar-refractivity contribution in [1.29, 1.82) is 0 Å². The molecule has 0 aliphatic carbocycles. The van der Waals surface area contributed by atoms with Crippen molar-refractivity contribution in [3.63, 3.8) is 0 Å². The molecule has 1 N–H and O–H groups in total. The molecule has 0 saturated carbocycles. The Balaban J connectivity index is 1.74. The van der Waals surface area contributed by atoms with Gasteiger partial charge in [-0.2, -0.15) is 0 Å². The lowest BCUT2D eigenvalue weighted by Crippen LogP contribution is -2.50. The molecule has 1 fully saturated rings. The fraction of sp³-hybridized carbons (Fsp3) is 0.400.